The molecule has 0 aromatic carbocycles. The van der Waals surface area contributed by atoms with Crippen LogP contribution in [0.5, 0.6) is 0 Å². The van der Waals surface area contributed by atoms with E-state index in [0.717, 1.165) is 0 Å². The summed E-state index contributed by atoms with van der Waals surface area (Å²) in [7, 11) is 0. The Labute approximate surface area is 136 Å². The molecule has 0 atom stereocenters. The van der Waals surface area contributed by atoms with E-state index in [0.29, 0.717) is 0 Å². The largest absolute Gasteiger partial charge is 0.503 e. The van der Waals surface area contributed by atoms with E-state index in [1.807, 2.05) is 0 Å². The molecule has 0 fully saturated rings. The van der Waals surface area contributed by atoms with Crippen molar-refractivity contribution in [2.75, 3.05) is 0 Å². The Balaban J connectivity index is 0. The van der Waals surface area contributed by atoms with Gasteiger partial charge in [0.1, 0.15) is 0 Å². The van der Waals surface area contributed by atoms with Gasteiger partial charge < -0.3 is 10.2 Å². The maximum absolute atomic E-state index is 8.56. The van der Waals surface area contributed by atoms with Gasteiger partial charge in [0.2, 0.25) is 0 Å². The molecule has 0 aromatic rings. The molecular formula is C15H31NaO3. The molecule has 0 rings (SSSR count). The van der Waals surface area contributed by atoms with Crippen molar-refractivity contribution >= 4 is 34.1 Å². The van der Waals surface area contributed by atoms with Gasteiger partial charge in [-0.1, -0.05) is 13.3 Å². The van der Waals surface area contributed by atoms with E-state index in [-0.39, 0.29) is 0 Å². The molecule has 3 nitrogen and oxygen atoms in total. The Hall–Kier alpha value is 0.270. The summed E-state index contributed by atoms with van der Waals surface area (Å²) in [5.74, 6) is 0. The molecule has 110 valence electrons. The maximum atomic E-state index is 8.56. The van der Waals surface area contributed by atoms with E-state index >= 15 is 0 Å². The zero-order valence-corrected chi connectivity index (χ0v) is 15.0. The Bertz CT molecular complexity index is 159. The van der Waals surface area contributed by atoms with E-state index in [1.165, 1.54) is 109 Å². The first-order chi connectivity index (χ1) is 9.15. The SMILES string of the molecule is CCCCCCCCCCCCC[CH2][Na].O=C(O)O. The van der Waals surface area contributed by atoms with Gasteiger partial charge in [-0.15, -0.1) is 0 Å². The van der Waals surface area contributed by atoms with Crippen LogP contribution in [0.3, 0.4) is 0 Å². The summed E-state index contributed by atoms with van der Waals surface area (Å²) in [6, 6.07) is 0. The summed E-state index contributed by atoms with van der Waals surface area (Å²) >= 11 is 1.41. The Morgan fingerprint density at radius 2 is 1.00 bits per heavy atom. The standard InChI is InChI=1S/C14H29.CH2O3.Na/c1-3-5-7-9-11-13-14-12-10-8-6-4-2;2-1(3)4;/h1,3-14H2,2H3;(H2,2,3,4);. The van der Waals surface area contributed by atoms with E-state index in [9.17, 15) is 0 Å². The molecule has 0 heterocycles. The first-order valence-corrected chi connectivity index (χ1v) is 9.48. The molecule has 0 spiro atoms. The van der Waals surface area contributed by atoms with Crippen LogP contribution in [0.4, 0.5) is 4.79 Å². The topological polar surface area (TPSA) is 57.5 Å². The van der Waals surface area contributed by atoms with Crippen molar-refractivity contribution in [1.82, 2.24) is 0 Å². The fourth-order valence-electron chi connectivity index (χ4n) is 2.09. The normalized spacial score (nSPS) is 9.84. The molecule has 0 aliphatic rings. The van der Waals surface area contributed by atoms with Crippen LogP contribution in [-0.2, 0) is 0 Å². The van der Waals surface area contributed by atoms with Gasteiger partial charge in [-0.3, -0.25) is 0 Å². The fraction of sp³-hybridized carbons (Fsp3) is 0.933. The van der Waals surface area contributed by atoms with E-state index in [2.05, 4.69) is 6.92 Å². The Kier molecular flexibility index (Phi) is 23.4. The molecule has 0 saturated carbocycles. The quantitative estimate of drug-likeness (QED) is 0.367. The van der Waals surface area contributed by atoms with Crippen LogP contribution in [-0.4, -0.2) is 44.3 Å². The van der Waals surface area contributed by atoms with Crippen LogP contribution in [0.15, 0.2) is 0 Å². The molecule has 2 N–H and O–H groups in total. The predicted molar refractivity (Wildman–Crippen MR) is 82.3 cm³/mol. The van der Waals surface area contributed by atoms with Gasteiger partial charge in [0, 0.05) is 0 Å². The van der Waals surface area contributed by atoms with Gasteiger partial charge in [0.15, 0.2) is 0 Å². The average Bonchev–Trinajstić information content (AvgIpc) is 2.35. The molecule has 19 heavy (non-hydrogen) atoms. The summed E-state index contributed by atoms with van der Waals surface area (Å²) in [5.41, 5.74) is 0. The van der Waals surface area contributed by atoms with Gasteiger partial charge in [0.05, 0.1) is 0 Å². The van der Waals surface area contributed by atoms with Crippen molar-refractivity contribution in [3.8, 4) is 0 Å². The predicted octanol–water partition coefficient (Wildman–Crippen LogP) is 5.50. The van der Waals surface area contributed by atoms with Crippen molar-refractivity contribution in [1.29, 1.82) is 0 Å². The number of hydrogen-bond acceptors (Lipinski definition) is 1. The second-order valence-corrected chi connectivity index (χ2v) is 6.17. The van der Waals surface area contributed by atoms with Crippen molar-refractivity contribution in [3.63, 3.8) is 0 Å². The molecule has 0 radical (unpaired) electrons. The molecule has 0 amide bonds. The zero-order chi connectivity index (χ0) is 14.8. The molecule has 0 saturated heterocycles. The molecule has 0 aliphatic heterocycles. The Morgan fingerprint density at radius 3 is 1.26 bits per heavy atom. The number of rotatable bonds is 12. The zero-order valence-electron chi connectivity index (χ0n) is 13.0. The summed E-state index contributed by atoms with van der Waals surface area (Å²) in [6.07, 6.45) is 15.9. The van der Waals surface area contributed by atoms with Crippen LogP contribution < -0.4 is 0 Å². The molecular weight excluding hydrogens is 251 g/mol. The van der Waals surface area contributed by atoms with Gasteiger partial charge in [-0.2, -0.15) is 0 Å². The summed E-state index contributed by atoms with van der Waals surface area (Å²) in [5, 5.41) is 13.9. The first-order valence-electron chi connectivity index (χ1n) is 8.07. The summed E-state index contributed by atoms with van der Waals surface area (Å²) in [4.78, 5) is 8.56. The average molecular weight is 282 g/mol. The third kappa shape index (κ3) is 32.1. The van der Waals surface area contributed by atoms with Crippen LogP contribution in [0.1, 0.15) is 84.0 Å². The molecule has 0 bridgehead atoms. The fourth-order valence-corrected chi connectivity index (χ4v) is 2.59. The number of unbranched alkanes of at least 4 members (excludes halogenated alkanes) is 11. The second kappa shape index (κ2) is 20.6. The van der Waals surface area contributed by atoms with Gasteiger partial charge in [0.25, 0.3) is 0 Å². The number of carbonyl (C=O) groups is 1. The third-order valence-electron chi connectivity index (χ3n) is 3.21. The minimum atomic E-state index is -1.83. The first kappa shape index (κ1) is 21.6. The Morgan fingerprint density at radius 1 is 0.737 bits per heavy atom. The summed E-state index contributed by atoms with van der Waals surface area (Å²) < 4.78 is 1.51. The van der Waals surface area contributed by atoms with Crippen LogP contribution in [0.2, 0.25) is 3.67 Å². The smallest absolute Gasteiger partial charge is 0.450 e. The second-order valence-electron chi connectivity index (χ2n) is 5.17. The van der Waals surface area contributed by atoms with Crippen molar-refractivity contribution in [3.05, 3.63) is 0 Å². The van der Waals surface area contributed by atoms with Gasteiger partial charge >= 0.3 is 108 Å². The number of carboxylic acid groups (broad SMARTS) is 2. The molecule has 0 unspecified atom stereocenters. The monoisotopic (exact) mass is 282 g/mol. The van der Waals surface area contributed by atoms with Gasteiger partial charge in [-0.05, 0) is 0 Å². The molecule has 0 aliphatic carbocycles. The van der Waals surface area contributed by atoms with E-state index < -0.39 is 6.16 Å². The van der Waals surface area contributed by atoms with Crippen molar-refractivity contribution < 1.29 is 15.0 Å². The third-order valence-corrected chi connectivity index (χ3v) is 3.91. The van der Waals surface area contributed by atoms with Crippen LogP contribution >= 0.6 is 0 Å². The minimum Gasteiger partial charge on any atom is -0.450 e. The van der Waals surface area contributed by atoms with Crippen LogP contribution in [0.25, 0.3) is 0 Å². The van der Waals surface area contributed by atoms with E-state index in [4.69, 9.17) is 15.0 Å². The number of hydrogen-bond donors (Lipinski definition) is 2. The minimum absolute atomic E-state index is 1.38. The van der Waals surface area contributed by atoms with Crippen molar-refractivity contribution in [2.45, 2.75) is 87.6 Å². The molecule has 4 heteroatoms. The molecule has 0 aromatic heterocycles. The van der Waals surface area contributed by atoms with Crippen LogP contribution in [0, 0.1) is 0 Å². The summed E-state index contributed by atoms with van der Waals surface area (Å²) in [6.45, 7) is 2.29. The van der Waals surface area contributed by atoms with Gasteiger partial charge in [-0.25, -0.2) is 4.79 Å². The van der Waals surface area contributed by atoms with E-state index in [1.54, 1.807) is 0 Å². The van der Waals surface area contributed by atoms with Crippen molar-refractivity contribution in [2.24, 2.45) is 0 Å². The maximum Gasteiger partial charge on any atom is 0.503 e.